The molecule has 1 atom stereocenters. The van der Waals surface area contributed by atoms with Crippen molar-refractivity contribution in [2.24, 2.45) is 0 Å². The molecule has 1 unspecified atom stereocenters. The minimum atomic E-state index is -0.167. The van der Waals surface area contributed by atoms with Crippen LogP contribution < -0.4 is 5.32 Å². The van der Waals surface area contributed by atoms with Crippen LogP contribution in [0.15, 0.2) is 22.7 Å². The first-order valence-corrected chi connectivity index (χ1v) is 6.14. The van der Waals surface area contributed by atoms with Gasteiger partial charge in [0.05, 0.1) is 0 Å². The van der Waals surface area contributed by atoms with Gasteiger partial charge in [-0.25, -0.2) is 4.39 Å². The summed E-state index contributed by atoms with van der Waals surface area (Å²) in [5.74, 6) is -0.167. The van der Waals surface area contributed by atoms with Crippen LogP contribution in [0.4, 0.5) is 4.39 Å². The second-order valence-corrected chi connectivity index (χ2v) is 4.46. The standard InChI is InChI=1S/C12H17BrFN/c1-3-11(15-4-2)8-9-7-10(14)5-6-12(9)13/h5-7,11,15H,3-4,8H2,1-2H3. The molecule has 0 bridgehead atoms. The van der Waals surface area contributed by atoms with E-state index in [1.54, 1.807) is 12.1 Å². The second-order valence-electron chi connectivity index (χ2n) is 3.60. The summed E-state index contributed by atoms with van der Waals surface area (Å²) in [6.45, 7) is 5.18. The van der Waals surface area contributed by atoms with Gasteiger partial charge in [0.1, 0.15) is 5.82 Å². The molecule has 0 heterocycles. The van der Waals surface area contributed by atoms with Crippen molar-refractivity contribution in [2.45, 2.75) is 32.7 Å². The maximum atomic E-state index is 13.0. The number of likely N-dealkylation sites (N-methyl/N-ethyl adjacent to an activating group) is 1. The molecule has 3 heteroatoms. The highest BCUT2D eigenvalue weighted by Gasteiger charge is 2.09. The van der Waals surface area contributed by atoms with E-state index in [1.165, 1.54) is 6.07 Å². The van der Waals surface area contributed by atoms with E-state index in [0.717, 1.165) is 29.4 Å². The van der Waals surface area contributed by atoms with E-state index in [9.17, 15) is 4.39 Å². The molecule has 15 heavy (non-hydrogen) atoms. The van der Waals surface area contributed by atoms with Gasteiger partial charge in [0.15, 0.2) is 0 Å². The summed E-state index contributed by atoms with van der Waals surface area (Å²) in [6.07, 6.45) is 1.92. The molecule has 1 aromatic rings. The number of nitrogens with one attached hydrogen (secondary N) is 1. The highest BCUT2D eigenvalue weighted by atomic mass is 79.9. The third-order valence-corrected chi connectivity index (χ3v) is 3.23. The van der Waals surface area contributed by atoms with E-state index in [1.807, 2.05) is 0 Å². The van der Waals surface area contributed by atoms with Gasteiger partial charge < -0.3 is 5.32 Å². The van der Waals surface area contributed by atoms with Crippen LogP contribution >= 0.6 is 15.9 Å². The number of benzene rings is 1. The summed E-state index contributed by atoms with van der Waals surface area (Å²) in [6, 6.07) is 5.27. The molecule has 0 aliphatic heterocycles. The van der Waals surface area contributed by atoms with Crippen LogP contribution in [0.3, 0.4) is 0 Å². The molecule has 0 aliphatic rings. The lowest BCUT2D eigenvalue weighted by Gasteiger charge is -2.16. The summed E-state index contributed by atoms with van der Waals surface area (Å²) < 4.78 is 14.0. The minimum absolute atomic E-state index is 0.167. The Bertz CT molecular complexity index is 314. The first kappa shape index (κ1) is 12.7. The lowest BCUT2D eigenvalue weighted by atomic mass is 10.0. The lowest BCUT2D eigenvalue weighted by Crippen LogP contribution is -2.30. The van der Waals surface area contributed by atoms with Gasteiger partial charge in [-0.2, -0.15) is 0 Å². The minimum Gasteiger partial charge on any atom is -0.314 e. The Labute approximate surface area is 99.2 Å². The molecule has 0 spiro atoms. The SMILES string of the molecule is CCNC(CC)Cc1cc(F)ccc1Br. The fraction of sp³-hybridized carbons (Fsp3) is 0.500. The Morgan fingerprint density at radius 1 is 1.40 bits per heavy atom. The molecule has 0 radical (unpaired) electrons. The lowest BCUT2D eigenvalue weighted by molar-refractivity contribution is 0.508. The van der Waals surface area contributed by atoms with Crippen LogP contribution in [0.25, 0.3) is 0 Å². The van der Waals surface area contributed by atoms with Gasteiger partial charge >= 0.3 is 0 Å². The van der Waals surface area contributed by atoms with Crippen LogP contribution in [0.5, 0.6) is 0 Å². The normalized spacial score (nSPS) is 12.8. The summed E-state index contributed by atoms with van der Waals surface area (Å²) in [7, 11) is 0. The smallest absolute Gasteiger partial charge is 0.123 e. The Morgan fingerprint density at radius 3 is 2.73 bits per heavy atom. The number of halogens is 2. The van der Waals surface area contributed by atoms with E-state index in [4.69, 9.17) is 0 Å². The fourth-order valence-electron chi connectivity index (χ4n) is 1.61. The Hall–Kier alpha value is -0.410. The largest absolute Gasteiger partial charge is 0.314 e. The predicted octanol–water partition coefficient (Wildman–Crippen LogP) is 3.52. The van der Waals surface area contributed by atoms with Crippen LogP contribution in [0.2, 0.25) is 0 Å². The number of hydrogen-bond acceptors (Lipinski definition) is 1. The summed E-state index contributed by atoms with van der Waals surface area (Å²) in [5, 5.41) is 3.38. The summed E-state index contributed by atoms with van der Waals surface area (Å²) in [4.78, 5) is 0. The molecular formula is C12H17BrFN. The molecular weight excluding hydrogens is 257 g/mol. The zero-order valence-corrected chi connectivity index (χ0v) is 10.8. The molecule has 1 aromatic carbocycles. The fourth-order valence-corrected chi connectivity index (χ4v) is 2.02. The van der Waals surface area contributed by atoms with Crippen LogP contribution in [0, 0.1) is 5.82 Å². The van der Waals surface area contributed by atoms with Gasteiger partial charge in [-0.05, 0) is 43.1 Å². The summed E-state index contributed by atoms with van der Waals surface area (Å²) in [5.41, 5.74) is 1.03. The third-order valence-electron chi connectivity index (χ3n) is 2.46. The average Bonchev–Trinajstić information content (AvgIpc) is 2.22. The second kappa shape index (κ2) is 6.23. The Balaban J connectivity index is 2.73. The molecule has 1 rings (SSSR count). The van der Waals surface area contributed by atoms with Gasteiger partial charge in [-0.15, -0.1) is 0 Å². The highest BCUT2D eigenvalue weighted by Crippen LogP contribution is 2.19. The van der Waals surface area contributed by atoms with E-state index < -0.39 is 0 Å². The quantitative estimate of drug-likeness (QED) is 0.866. The molecule has 0 aromatic heterocycles. The zero-order valence-electron chi connectivity index (χ0n) is 9.19. The predicted molar refractivity (Wildman–Crippen MR) is 65.6 cm³/mol. The van der Waals surface area contributed by atoms with E-state index in [2.05, 4.69) is 35.1 Å². The van der Waals surface area contributed by atoms with Crippen molar-refractivity contribution in [3.8, 4) is 0 Å². The van der Waals surface area contributed by atoms with E-state index in [0.29, 0.717) is 6.04 Å². The van der Waals surface area contributed by atoms with Crippen LogP contribution in [-0.2, 0) is 6.42 Å². The molecule has 0 fully saturated rings. The van der Waals surface area contributed by atoms with Crippen LogP contribution in [-0.4, -0.2) is 12.6 Å². The molecule has 1 N–H and O–H groups in total. The van der Waals surface area contributed by atoms with Crippen molar-refractivity contribution < 1.29 is 4.39 Å². The maximum absolute atomic E-state index is 13.0. The molecule has 0 aliphatic carbocycles. The third kappa shape index (κ3) is 3.92. The van der Waals surface area contributed by atoms with Crippen LogP contribution in [0.1, 0.15) is 25.8 Å². The molecule has 1 nitrogen and oxygen atoms in total. The highest BCUT2D eigenvalue weighted by molar-refractivity contribution is 9.10. The van der Waals surface area contributed by atoms with E-state index in [-0.39, 0.29) is 5.82 Å². The first-order valence-electron chi connectivity index (χ1n) is 5.34. The van der Waals surface area contributed by atoms with Crippen molar-refractivity contribution in [3.63, 3.8) is 0 Å². The Kier molecular flexibility index (Phi) is 5.26. The average molecular weight is 274 g/mol. The van der Waals surface area contributed by atoms with Crippen molar-refractivity contribution in [2.75, 3.05) is 6.54 Å². The molecule has 0 saturated carbocycles. The molecule has 0 amide bonds. The maximum Gasteiger partial charge on any atom is 0.123 e. The topological polar surface area (TPSA) is 12.0 Å². The summed E-state index contributed by atoms with van der Waals surface area (Å²) >= 11 is 3.44. The first-order chi connectivity index (χ1) is 7.17. The van der Waals surface area contributed by atoms with Gasteiger partial charge in [0.2, 0.25) is 0 Å². The van der Waals surface area contributed by atoms with Crippen molar-refractivity contribution in [1.82, 2.24) is 5.32 Å². The van der Waals surface area contributed by atoms with Crippen molar-refractivity contribution in [1.29, 1.82) is 0 Å². The van der Waals surface area contributed by atoms with Crippen molar-refractivity contribution >= 4 is 15.9 Å². The molecule has 84 valence electrons. The van der Waals surface area contributed by atoms with Gasteiger partial charge in [-0.3, -0.25) is 0 Å². The number of hydrogen-bond donors (Lipinski definition) is 1. The number of rotatable bonds is 5. The van der Waals surface area contributed by atoms with Gasteiger partial charge in [0.25, 0.3) is 0 Å². The van der Waals surface area contributed by atoms with Gasteiger partial charge in [0, 0.05) is 10.5 Å². The monoisotopic (exact) mass is 273 g/mol. The van der Waals surface area contributed by atoms with Crippen molar-refractivity contribution in [3.05, 3.63) is 34.1 Å². The Morgan fingerprint density at radius 2 is 2.13 bits per heavy atom. The zero-order chi connectivity index (χ0) is 11.3. The van der Waals surface area contributed by atoms with E-state index >= 15 is 0 Å². The van der Waals surface area contributed by atoms with Gasteiger partial charge in [-0.1, -0.05) is 29.8 Å². The molecule has 0 saturated heterocycles.